The molecule has 0 aliphatic carbocycles. The topological polar surface area (TPSA) is 85.7 Å². The van der Waals surface area contributed by atoms with Gasteiger partial charge in [0.1, 0.15) is 12.4 Å². The second-order valence-corrected chi connectivity index (χ2v) is 8.62. The Labute approximate surface area is 218 Å². The van der Waals surface area contributed by atoms with Crippen LogP contribution < -0.4 is 14.8 Å². The van der Waals surface area contributed by atoms with E-state index in [2.05, 4.69) is 18.5 Å². The molecule has 3 rings (SSSR count). The molecule has 0 aliphatic heterocycles. The van der Waals surface area contributed by atoms with Crippen molar-refractivity contribution in [2.75, 3.05) is 33.9 Å². The molecule has 0 aliphatic rings. The number of para-hydroxylation sites is 2. The standard InChI is InChI=1S/C29H36N4O4/c1-5-18-32(19-6-2)28(34)21-33-24-13-10-9-12-23(24)31-27(33)14-8-7-11-17-30-29(35)22-15-16-25(36-3)26(20-22)37-4/h5-6,9-10,12-13,15-16,20H,1-2,7-8,11,14,17-19,21H2,3-4H3,(H,30,35). The van der Waals surface area contributed by atoms with Gasteiger partial charge in [0, 0.05) is 31.6 Å². The predicted molar refractivity (Wildman–Crippen MR) is 146 cm³/mol. The van der Waals surface area contributed by atoms with Gasteiger partial charge >= 0.3 is 0 Å². The van der Waals surface area contributed by atoms with Crippen molar-refractivity contribution in [2.24, 2.45) is 0 Å². The summed E-state index contributed by atoms with van der Waals surface area (Å²) in [6, 6.07) is 13.0. The van der Waals surface area contributed by atoms with E-state index in [4.69, 9.17) is 14.5 Å². The molecular weight excluding hydrogens is 468 g/mol. The van der Waals surface area contributed by atoms with Crippen molar-refractivity contribution in [3.8, 4) is 11.5 Å². The lowest BCUT2D eigenvalue weighted by molar-refractivity contribution is -0.130. The van der Waals surface area contributed by atoms with Gasteiger partial charge < -0.3 is 24.3 Å². The molecule has 2 aromatic carbocycles. The maximum atomic E-state index is 13.0. The number of amides is 2. The normalized spacial score (nSPS) is 10.6. The molecule has 0 bridgehead atoms. The van der Waals surface area contributed by atoms with Gasteiger partial charge in [-0.3, -0.25) is 9.59 Å². The summed E-state index contributed by atoms with van der Waals surface area (Å²) in [5.74, 6) is 1.85. The summed E-state index contributed by atoms with van der Waals surface area (Å²) in [6.45, 7) is 9.25. The largest absolute Gasteiger partial charge is 0.493 e. The Morgan fingerprint density at radius 1 is 1.00 bits per heavy atom. The number of aryl methyl sites for hydroxylation is 1. The van der Waals surface area contributed by atoms with Crippen LogP contribution in [0, 0.1) is 0 Å². The molecular formula is C29H36N4O4. The van der Waals surface area contributed by atoms with E-state index >= 15 is 0 Å². The third kappa shape index (κ3) is 7.22. The van der Waals surface area contributed by atoms with Gasteiger partial charge in [-0.1, -0.05) is 30.7 Å². The summed E-state index contributed by atoms with van der Waals surface area (Å²) in [6.07, 6.45) is 6.84. The Morgan fingerprint density at radius 2 is 1.73 bits per heavy atom. The van der Waals surface area contributed by atoms with E-state index < -0.39 is 0 Å². The third-order valence-electron chi connectivity index (χ3n) is 6.09. The number of fused-ring (bicyclic) bond motifs is 1. The lowest BCUT2D eigenvalue weighted by Gasteiger charge is -2.20. The lowest BCUT2D eigenvalue weighted by Crippen LogP contribution is -2.34. The molecule has 0 saturated carbocycles. The number of rotatable bonds is 15. The van der Waals surface area contributed by atoms with Crippen molar-refractivity contribution < 1.29 is 19.1 Å². The van der Waals surface area contributed by atoms with Gasteiger partial charge in [0.25, 0.3) is 5.91 Å². The van der Waals surface area contributed by atoms with Crippen molar-refractivity contribution in [3.63, 3.8) is 0 Å². The molecule has 0 atom stereocenters. The molecule has 8 nitrogen and oxygen atoms in total. The molecule has 0 spiro atoms. The van der Waals surface area contributed by atoms with Gasteiger partial charge in [0.15, 0.2) is 11.5 Å². The van der Waals surface area contributed by atoms with Crippen molar-refractivity contribution in [2.45, 2.75) is 32.2 Å². The maximum Gasteiger partial charge on any atom is 0.251 e. The first-order valence-electron chi connectivity index (χ1n) is 12.5. The molecule has 2 amide bonds. The quantitative estimate of drug-likeness (QED) is 0.245. The highest BCUT2D eigenvalue weighted by atomic mass is 16.5. The zero-order chi connectivity index (χ0) is 26.6. The van der Waals surface area contributed by atoms with Crippen LogP contribution in [-0.4, -0.2) is 60.1 Å². The lowest BCUT2D eigenvalue weighted by atomic mass is 10.1. The first-order chi connectivity index (χ1) is 18.0. The number of carbonyl (C=O) groups is 2. The fourth-order valence-corrected chi connectivity index (χ4v) is 4.18. The smallest absolute Gasteiger partial charge is 0.251 e. The summed E-state index contributed by atoms with van der Waals surface area (Å²) in [5.41, 5.74) is 2.36. The molecule has 0 radical (unpaired) electrons. The second-order valence-electron chi connectivity index (χ2n) is 8.62. The average molecular weight is 505 g/mol. The highest BCUT2D eigenvalue weighted by Gasteiger charge is 2.17. The van der Waals surface area contributed by atoms with Gasteiger partial charge in [-0.25, -0.2) is 4.98 Å². The minimum atomic E-state index is -0.148. The summed E-state index contributed by atoms with van der Waals surface area (Å²) in [4.78, 5) is 32.0. The number of ether oxygens (including phenoxy) is 2. The number of nitrogens with zero attached hydrogens (tertiary/aromatic N) is 3. The van der Waals surface area contributed by atoms with E-state index in [1.807, 2.05) is 28.8 Å². The Bertz CT molecular complexity index is 1220. The number of aromatic nitrogens is 2. The van der Waals surface area contributed by atoms with Crippen LogP contribution in [0.5, 0.6) is 11.5 Å². The Hall–Kier alpha value is -4.07. The van der Waals surface area contributed by atoms with E-state index in [1.165, 1.54) is 0 Å². The number of imidazole rings is 1. The fraction of sp³-hybridized carbons (Fsp3) is 0.345. The van der Waals surface area contributed by atoms with E-state index in [0.717, 1.165) is 42.5 Å². The molecule has 0 fully saturated rings. The third-order valence-corrected chi connectivity index (χ3v) is 6.09. The van der Waals surface area contributed by atoms with Crippen LogP contribution in [0.2, 0.25) is 0 Å². The molecule has 0 saturated heterocycles. The minimum Gasteiger partial charge on any atom is -0.493 e. The van der Waals surface area contributed by atoms with Crippen LogP contribution in [0.15, 0.2) is 67.8 Å². The van der Waals surface area contributed by atoms with Crippen LogP contribution in [0.4, 0.5) is 0 Å². The first-order valence-corrected chi connectivity index (χ1v) is 12.5. The zero-order valence-electron chi connectivity index (χ0n) is 21.7. The Kier molecular flexibility index (Phi) is 10.3. The van der Waals surface area contributed by atoms with Crippen molar-refractivity contribution in [3.05, 3.63) is 79.2 Å². The SMILES string of the molecule is C=CCN(CC=C)C(=O)Cn1c(CCCCCNC(=O)c2ccc(OC)c(OC)c2)nc2ccccc21. The first kappa shape index (κ1) is 27.5. The van der Waals surface area contributed by atoms with Crippen molar-refractivity contribution in [1.29, 1.82) is 0 Å². The number of carbonyl (C=O) groups excluding carboxylic acids is 2. The van der Waals surface area contributed by atoms with Gasteiger partial charge in [0.2, 0.25) is 5.91 Å². The highest BCUT2D eigenvalue weighted by molar-refractivity contribution is 5.94. The number of benzene rings is 2. The summed E-state index contributed by atoms with van der Waals surface area (Å²) < 4.78 is 12.5. The molecule has 3 aromatic rings. The molecule has 1 N–H and O–H groups in total. The van der Waals surface area contributed by atoms with E-state index in [9.17, 15) is 9.59 Å². The minimum absolute atomic E-state index is 0.00192. The van der Waals surface area contributed by atoms with E-state index in [-0.39, 0.29) is 18.4 Å². The van der Waals surface area contributed by atoms with Gasteiger partial charge in [-0.05, 0) is 43.2 Å². The van der Waals surface area contributed by atoms with Crippen LogP contribution >= 0.6 is 0 Å². The predicted octanol–water partition coefficient (Wildman–Crippen LogP) is 4.40. The second kappa shape index (κ2) is 13.9. The number of nitrogens with one attached hydrogen (secondary N) is 1. The molecule has 37 heavy (non-hydrogen) atoms. The number of methoxy groups -OCH3 is 2. The van der Waals surface area contributed by atoms with Crippen LogP contribution in [0.3, 0.4) is 0 Å². The molecule has 1 heterocycles. The monoisotopic (exact) mass is 504 g/mol. The average Bonchev–Trinajstić information content (AvgIpc) is 3.26. The van der Waals surface area contributed by atoms with E-state index in [0.29, 0.717) is 36.7 Å². The van der Waals surface area contributed by atoms with Gasteiger partial charge in [-0.15, -0.1) is 13.2 Å². The summed E-state index contributed by atoms with van der Waals surface area (Å²) >= 11 is 0. The van der Waals surface area contributed by atoms with E-state index in [1.54, 1.807) is 49.5 Å². The number of unbranched alkanes of at least 4 members (excludes halogenated alkanes) is 2. The molecule has 8 heteroatoms. The molecule has 0 unspecified atom stereocenters. The van der Waals surface area contributed by atoms with Gasteiger partial charge in [-0.2, -0.15) is 0 Å². The van der Waals surface area contributed by atoms with Gasteiger partial charge in [0.05, 0.1) is 25.3 Å². The van der Waals surface area contributed by atoms with Crippen molar-refractivity contribution in [1.82, 2.24) is 19.8 Å². The van der Waals surface area contributed by atoms with Crippen LogP contribution in [-0.2, 0) is 17.8 Å². The number of hydrogen-bond donors (Lipinski definition) is 1. The van der Waals surface area contributed by atoms with Crippen LogP contribution in [0.25, 0.3) is 11.0 Å². The maximum absolute atomic E-state index is 13.0. The Balaban J connectivity index is 1.55. The summed E-state index contributed by atoms with van der Waals surface area (Å²) in [7, 11) is 3.10. The summed E-state index contributed by atoms with van der Waals surface area (Å²) in [5, 5.41) is 2.96. The number of hydrogen-bond acceptors (Lipinski definition) is 5. The zero-order valence-corrected chi connectivity index (χ0v) is 21.7. The highest BCUT2D eigenvalue weighted by Crippen LogP contribution is 2.27. The Morgan fingerprint density at radius 3 is 2.43 bits per heavy atom. The van der Waals surface area contributed by atoms with Crippen LogP contribution in [0.1, 0.15) is 35.4 Å². The molecule has 196 valence electrons. The van der Waals surface area contributed by atoms with Crippen molar-refractivity contribution >= 4 is 22.8 Å². The fourth-order valence-electron chi connectivity index (χ4n) is 4.18. The molecule has 1 aromatic heterocycles.